The normalized spacial score (nSPS) is 20.9. The van der Waals surface area contributed by atoms with E-state index in [1.165, 1.54) is 11.1 Å². The molecular formula is C50H50N6O6. The molecule has 4 aromatic carbocycles. The first-order valence-corrected chi connectivity index (χ1v) is 21.5. The van der Waals surface area contributed by atoms with Gasteiger partial charge < -0.3 is 29.1 Å². The van der Waals surface area contributed by atoms with Crippen LogP contribution in [-0.4, -0.2) is 97.2 Å². The van der Waals surface area contributed by atoms with Crippen molar-refractivity contribution in [3.05, 3.63) is 155 Å². The van der Waals surface area contributed by atoms with Crippen LogP contribution < -0.4 is 9.80 Å². The molecule has 0 unspecified atom stereocenters. The van der Waals surface area contributed by atoms with Crippen LogP contribution in [0.2, 0.25) is 0 Å². The van der Waals surface area contributed by atoms with Gasteiger partial charge in [0.05, 0.1) is 51.4 Å². The highest BCUT2D eigenvalue weighted by Gasteiger charge is 2.37. The van der Waals surface area contributed by atoms with E-state index in [0.29, 0.717) is 75.7 Å². The van der Waals surface area contributed by atoms with Gasteiger partial charge in [-0.15, -0.1) is 0 Å². The number of allylic oxidation sites excluding steroid dienone is 2. The average molecular weight is 831 g/mol. The summed E-state index contributed by atoms with van der Waals surface area (Å²) in [6, 6.07) is 36.3. The SMILES string of the molecule is O=C1C=C(N2CCOCC2)N=C(CC(=O)N2c3ccccc3C[C@@H]2c2ccccc2)C1.O=C1C=C(N2CCOCC2)N=C(CC(=O)N2c3ccccc3C[C@H]2c2ccccc2)C1. The number of rotatable bonds is 8. The van der Waals surface area contributed by atoms with E-state index in [1.54, 1.807) is 12.2 Å². The molecule has 0 saturated carbocycles. The number of hydrogen-bond acceptors (Lipinski definition) is 10. The second kappa shape index (κ2) is 18.6. The number of benzene rings is 4. The van der Waals surface area contributed by atoms with Crippen molar-refractivity contribution in [1.29, 1.82) is 0 Å². The molecule has 0 radical (unpaired) electrons. The first kappa shape index (κ1) is 40.9. The Morgan fingerprint density at radius 2 is 0.887 bits per heavy atom. The minimum Gasteiger partial charge on any atom is -0.378 e. The Kier molecular flexibility index (Phi) is 12.3. The number of carbonyl (C=O) groups excluding carboxylic acids is 4. The summed E-state index contributed by atoms with van der Waals surface area (Å²) in [6.07, 6.45) is 5.45. The molecule has 316 valence electrons. The summed E-state index contributed by atoms with van der Waals surface area (Å²) in [7, 11) is 0. The van der Waals surface area contributed by atoms with Gasteiger partial charge in [0.2, 0.25) is 11.8 Å². The van der Waals surface area contributed by atoms with E-state index in [0.717, 1.165) is 35.3 Å². The second-order valence-electron chi connectivity index (χ2n) is 16.2. The maximum atomic E-state index is 13.5. The highest BCUT2D eigenvalue weighted by molar-refractivity contribution is 6.18. The van der Waals surface area contributed by atoms with Crippen LogP contribution in [0.3, 0.4) is 0 Å². The zero-order chi connectivity index (χ0) is 42.4. The number of morpholine rings is 2. The highest BCUT2D eigenvalue weighted by Crippen LogP contribution is 2.42. The zero-order valence-corrected chi connectivity index (χ0v) is 34.7. The number of fused-ring (bicyclic) bond motifs is 2. The molecule has 4 aromatic rings. The van der Waals surface area contributed by atoms with E-state index in [1.807, 2.05) is 82.6 Å². The van der Waals surface area contributed by atoms with Gasteiger partial charge >= 0.3 is 0 Å². The minimum atomic E-state index is -0.0414. The molecule has 12 nitrogen and oxygen atoms in total. The molecule has 6 heterocycles. The van der Waals surface area contributed by atoms with Crippen molar-refractivity contribution in [1.82, 2.24) is 9.80 Å². The van der Waals surface area contributed by atoms with Gasteiger partial charge in [0.1, 0.15) is 11.6 Å². The summed E-state index contributed by atoms with van der Waals surface area (Å²) < 4.78 is 10.8. The number of hydrogen-bond donors (Lipinski definition) is 0. The fraction of sp³-hybridized carbons (Fsp3) is 0.320. The van der Waals surface area contributed by atoms with Gasteiger partial charge in [-0.05, 0) is 47.2 Å². The minimum absolute atomic E-state index is 0.000670. The van der Waals surface area contributed by atoms with E-state index in [9.17, 15) is 19.2 Å². The third kappa shape index (κ3) is 9.07. The lowest BCUT2D eigenvalue weighted by atomic mass is 10.0. The van der Waals surface area contributed by atoms with Gasteiger partial charge in [0.25, 0.3) is 0 Å². The predicted molar refractivity (Wildman–Crippen MR) is 238 cm³/mol. The Morgan fingerprint density at radius 3 is 1.29 bits per heavy atom. The second-order valence-corrected chi connectivity index (χ2v) is 16.2. The molecule has 0 aromatic heterocycles. The first-order valence-electron chi connectivity index (χ1n) is 21.5. The largest absolute Gasteiger partial charge is 0.378 e. The molecule has 0 N–H and O–H groups in total. The van der Waals surface area contributed by atoms with Gasteiger partial charge in [-0.3, -0.25) is 19.2 Å². The van der Waals surface area contributed by atoms with Gasteiger partial charge in [0, 0.05) is 74.0 Å². The maximum absolute atomic E-state index is 13.5. The van der Waals surface area contributed by atoms with Crippen LogP contribution in [0.15, 0.2) is 143 Å². The average Bonchev–Trinajstić information content (AvgIpc) is 3.90. The van der Waals surface area contributed by atoms with Crippen molar-refractivity contribution < 1.29 is 28.7 Å². The van der Waals surface area contributed by atoms with E-state index in [2.05, 4.69) is 46.2 Å². The number of aliphatic imine (C=N–C) groups is 2. The molecule has 2 atom stereocenters. The summed E-state index contributed by atoms with van der Waals surface area (Å²) in [5.74, 6) is 1.27. The molecule has 10 rings (SSSR count). The molecule has 2 amide bonds. The van der Waals surface area contributed by atoms with Crippen LogP contribution in [0.4, 0.5) is 11.4 Å². The molecule has 6 aliphatic rings. The number of carbonyl (C=O) groups is 4. The Labute approximate surface area is 361 Å². The molecule has 0 aliphatic carbocycles. The van der Waals surface area contributed by atoms with Crippen molar-refractivity contribution in [3.8, 4) is 0 Å². The van der Waals surface area contributed by atoms with Gasteiger partial charge in [-0.2, -0.15) is 0 Å². The highest BCUT2D eigenvalue weighted by atomic mass is 16.5. The van der Waals surface area contributed by atoms with Gasteiger partial charge in [0.15, 0.2) is 11.6 Å². The van der Waals surface area contributed by atoms with Crippen LogP contribution in [-0.2, 0) is 41.5 Å². The van der Waals surface area contributed by atoms with Crippen molar-refractivity contribution >= 4 is 46.2 Å². The van der Waals surface area contributed by atoms with E-state index in [4.69, 9.17) is 19.5 Å². The molecule has 12 heteroatoms. The summed E-state index contributed by atoms with van der Waals surface area (Å²) >= 11 is 0. The number of ether oxygens (including phenoxy) is 2. The van der Waals surface area contributed by atoms with Crippen LogP contribution in [0.5, 0.6) is 0 Å². The van der Waals surface area contributed by atoms with Gasteiger partial charge in [-0.1, -0.05) is 97.1 Å². The number of nitrogens with zero attached hydrogens (tertiary/aromatic N) is 6. The lowest BCUT2D eigenvalue weighted by molar-refractivity contribution is -0.118. The smallest absolute Gasteiger partial charge is 0.233 e. The summed E-state index contributed by atoms with van der Waals surface area (Å²) in [5.41, 5.74) is 7.73. The fourth-order valence-corrected chi connectivity index (χ4v) is 9.16. The Balaban J connectivity index is 0.000000158. The topological polar surface area (TPSA) is 124 Å². The van der Waals surface area contributed by atoms with Crippen molar-refractivity contribution in [2.75, 3.05) is 62.4 Å². The Bertz CT molecular complexity index is 2280. The van der Waals surface area contributed by atoms with E-state index >= 15 is 0 Å². The van der Waals surface area contributed by atoms with Crippen LogP contribution >= 0.6 is 0 Å². The molecule has 62 heavy (non-hydrogen) atoms. The number of anilines is 2. The Hall–Kier alpha value is -6.50. The molecule has 0 spiro atoms. The maximum Gasteiger partial charge on any atom is 0.233 e. The number of para-hydroxylation sites is 2. The van der Waals surface area contributed by atoms with Crippen LogP contribution in [0.25, 0.3) is 0 Å². The standard InChI is InChI=1S/2C25H25N3O3/c2*29-21-15-20(26-24(17-21)27-10-12-31-13-11-27)16-25(30)28-22-9-5-4-8-19(22)14-23(28)18-6-2-1-3-7-18/h2*1-9,17,23H,10-16H2/t2*23-/m10/s1. The monoisotopic (exact) mass is 830 g/mol. The molecule has 6 aliphatic heterocycles. The van der Waals surface area contributed by atoms with Crippen molar-refractivity contribution in [2.45, 2.75) is 50.6 Å². The molecule has 2 fully saturated rings. The summed E-state index contributed by atoms with van der Waals surface area (Å²) in [6.45, 7) is 5.33. The third-order valence-electron chi connectivity index (χ3n) is 12.1. The number of amides is 2. The Morgan fingerprint density at radius 1 is 0.516 bits per heavy atom. The lowest BCUT2D eigenvalue weighted by Gasteiger charge is -2.30. The predicted octanol–water partition coefficient (Wildman–Crippen LogP) is 6.59. The van der Waals surface area contributed by atoms with E-state index < -0.39 is 0 Å². The van der Waals surface area contributed by atoms with Crippen molar-refractivity contribution in [2.24, 2.45) is 9.98 Å². The van der Waals surface area contributed by atoms with Gasteiger partial charge in [-0.25, -0.2) is 9.98 Å². The lowest BCUT2D eigenvalue weighted by Crippen LogP contribution is -2.37. The fourth-order valence-electron chi connectivity index (χ4n) is 9.16. The number of ketones is 2. The first-order chi connectivity index (χ1) is 30.4. The third-order valence-corrected chi connectivity index (χ3v) is 12.1. The summed E-state index contributed by atoms with van der Waals surface area (Å²) in [4.78, 5) is 69.1. The molecular weight excluding hydrogens is 781 g/mol. The quantitative estimate of drug-likeness (QED) is 0.195. The zero-order valence-electron chi connectivity index (χ0n) is 34.7. The van der Waals surface area contributed by atoms with Crippen LogP contribution in [0.1, 0.15) is 60.0 Å². The van der Waals surface area contributed by atoms with Crippen LogP contribution in [0, 0.1) is 0 Å². The van der Waals surface area contributed by atoms with E-state index in [-0.39, 0.29) is 61.1 Å². The summed E-state index contributed by atoms with van der Waals surface area (Å²) in [5, 5.41) is 0. The molecule has 2 saturated heterocycles. The molecule has 0 bridgehead atoms. The van der Waals surface area contributed by atoms with Crippen molar-refractivity contribution in [3.63, 3.8) is 0 Å².